The number of hydrogen-bond acceptors (Lipinski definition) is 7. The SMILES string of the molecule is N#Cc1cccc(-c2ccnc(NC3COC4C(OCc5ccccc5)COC34)n2)c1. The Morgan fingerprint density at radius 3 is 2.77 bits per heavy atom. The number of aromatic nitrogens is 2. The Morgan fingerprint density at radius 1 is 1.03 bits per heavy atom. The van der Waals surface area contributed by atoms with Crippen LogP contribution in [0.4, 0.5) is 5.95 Å². The molecular weight excluding hydrogens is 392 g/mol. The van der Waals surface area contributed by atoms with Crippen LogP contribution >= 0.6 is 0 Å². The fourth-order valence-electron chi connectivity index (χ4n) is 4.01. The van der Waals surface area contributed by atoms with Crippen LogP contribution in [0.15, 0.2) is 66.9 Å². The number of benzene rings is 2. The smallest absolute Gasteiger partial charge is 0.223 e. The molecule has 2 saturated heterocycles. The summed E-state index contributed by atoms with van der Waals surface area (Å²) in [5.41, 5.74) is 3.35. The van der Waals surface area contributed by atoms with E-state index < -0.39 is 0 Å². The highest BCUT2D eigenvalue weighted by Crippen LogP contribution is 2.31. The molecule has 156 valence electrons. The van der Waals surface area contributed by atoms with Crippen molar-refractivity contribution in [2.24, 2.45) is 0 Å². The van der Waals surface area contributed by atoms with Gasteiger partial charge < -0.3 is 19.5 Å². The number of rotatable bonds is 6. The number of ether oxygens (including phenoxy) is 3. The second-order valence-corrected chi connectivity index (χ2v) is 7.64. The molecule has 3 heterocycles. The normalized spacial score (nSPS) is 24.5. The van der Waals surface area contributed by atoms with E-state index in [0.717, 1.165) is 16.8 Å². The van der Waals surface area contributed by atoms with E-state index in [1.165, 1.54) is 0 Å². The van der Waals surface area contributed by atoms with Crippen LogP contribution in [0.5, 0.6) is 0 Å². The van der Waals surface area contributed by atoms with Crippen molar-refractivity contribution in [3.05, 3.63) is 78.0 Å². The number of fused-ring (bicyclic) bond motifs is 1. The molecule has 31 heavy (non-hydrogen) atoms. The predicted octanol–water partition coefficient (Wildman–Crippen LogP) is 3.18. The Morgan fingerprint density at radius 2 is 1.90 bits per heavy atom. The van der Waals surface area contributed by atoms with Crippen LogP contribution in [0.3, 0.4) is 0 Å². The number of anilines is 1. The van der Waals surface area contributed by atoms with Crippen molar-refractivity contribution in [3.8, 4) is 17.3 Å². The van der Waals surface area contributed by atoms with Crippen LogP contribution in [-0.4, -0.2) is 47.5 Å². The molecular formula is C24H22N4O3. The first kappa shape index (κ1) is 19.6. The van der Waals surface area contributed by atoms with Gasteiger partial charge in [0.25, 0.3) is 0 Å². The van der Waals surface area contributed by atoms with Gasteiger partial charge in [0.1, 0.15) is 18.3 Å². The zero-order valence-corrected chi connectivity index (χ0v) is 16.8. The van der Waals surface area contributed by atoms with Crippen molar-refractivity contribution in [1.82, 2.24) is 9.97 Å². The van der Waals surface area contributed by atoms with Gasteiger partial charge in [0.2, 0.25) is 5.95 Å². The average Bonchev–Trinajstić information content (AvgIpc) is 3.41. The van der Waals surface area contributed by atoms with Crippen molar-refractivity contribution in [2.75, 3.05) is 18.5 Å². The summed E-state index contributed by atoms with van der Waals surface area (Å²) in [6, 6.07) is 21.4. The highest BCUT2D eigenvalue weighted by Gasteiger charge is 2.48. The molecule has 0 radical (unpaired) electrons. The first-order valence-electron chi connectivity index (χ1n) is 10.3. The molecule has 2 aromatic carbocycles. The molecule has 7 heteroatoms. The van der Waals surface area contributed by atoms with E-state index in [-0.39, 0.29) is 24.4 Å². The Kier molecular flexibility index (Phi) is 5.59. The number of nitrogens with zero attached hydrogens (tertiary/aromatic N) is 3. The van der Waals surface area contributed by atoms with Gasteiger partial charge in [-0.1, -0.05) is 42.5 Å². The van der Waals surface area contributed by atoms with Gasteiger partial charge in [-0.2, -0.15) is 5.26 Å². The highest BCUT2D eigenvalue weighted by molar-refractivity contribution is 5.62. The Hall–Kier alpha value is -3.31. The zero-order valence-electron chi connectivity index (χ0n) is 16.8. The summed E-state index contributed by atoms with van der Waals surface area (Å²) in [4.78, 5) is 8.97. The van der Waals surface area contributed by atoms with E-state index in [1.54, 1.807) is 12.3 Å². The molecule has 0 saturated carbocycles. The second-order valence-electron chi connectivity index (χ2n) is 7.64. The number of hydrogen-bond donors (Lipinski definition) is 1. The van der Waals surface area contributed by atoms with E-state index in [0.29, 0.717) is 31.3 Å². The molecule has 3 aromatic rings. The zero-order chi connectivity index (χ0) is 21.0. The molecule has 2 fully saturated rings. The average molecular weight is 414 g/mol. The van der Waals surface area contributed by atoms with Gasteiger partial charge in [-0.05, 0) is 23.8 Å². The third-order valence-corrected chi connectivity index (χ3v) is 5.57. The molecule has 5 rings (SSSR count). The summed E-state index contributed by atoms with van der Waals surface area (Å²) in [6.07, 6.45) is 1.38. The van der Waals surface area contributed by atoms with Gasteiger partial charge in [0.15, 0.2) is 0 Å². The van der Waals surface area contributed by atoms with Crippen LogP contribution < -0.4 is 5.32 Å². The molecule has 1 aromatic heterocycles. The molecule has 0 amide bonds. The third kappa shape index (κ3) is 4.28. The second kappa shape index (κ2) is 8.82. The maximum Gasteiger partial charge on any atom is 0.223 e. The lowest BCUT2D eigenvalue weighted by Crippen LogP contribution is -2.37. The minimum Gasteiger partial charge on any atom is -0.370 e. The van der Waals surface area contributed by atoms with E-state index in [1.807, 2.05) is 54.6 Å². The molecule has 2 aliphatic rings. The van der Waals surface area contributed by atoms with E-state index in [2.05, 4.69) is 21.4 Å². The molecule has 0 spiro atoms. The first-order valence-corrected chi connectivity index (χ1v) is 10.3. The van der Waals surface area contributed by atoms with Gasteiger partial charge in [0, 0.05) is 11.8 Å². The van der Waals surface area contributed by atoms with E-state index >= 15 is 0 Å². The van der Waals surface area contributed by atoms with Crippen molar-refractivity contribution in [1.29, 1.82) is 5.26 Å². The monoisotopic (exact) mass is 414 g/mol. The summed E-state index contributed by atoms with van der Waals surface area (Å²) in [5.74, 6) is 0.506. The molecule has 4 unspecified atom stereocenters. The first-order chi connectivity index (χ1) is 15.3. The third-order valence-electron chi connectivity index (χ3n) is 5.57. The van der Waals surface area contributed by atoms with Gasteiger partial charge >= 0.3 is 0 Å². The molecule has 4 atom stereocenters. The van der Waals surface area contributed by atoms with Crippen molar-refractivity contribution in [2.45, 2.75) is 31.0 Å². The van der Waals surface area contributed by atoms with Gasteiger partial charge in [0.05, 0.1) is 43.2 Å². The predicted molar refractivity (Wildman–Crippen MR) is 114 cm³/mol. The Bertz CT molecular complexity index is 1090. The summed E-state index contributed by atoms with van der Waals surface area (Å²) in [6.45, 7) is 1.53. The fraction of sp³-hybridized carbons (Fsp3) is 0.292. The summed E-state index contributed by atoms with van der Waals surface area (Å²) >= 11 is 0. The van der Waals surface area contributed by atoms with Crippen LogP contribution in [-0.2, 0) is 20.8 Å². The molecule has 7 nitrogen and oxygen atoms in total. The Balaban J connectivity index is 1.23. The largest absolute Gasteiger partial charge is 0.370 e. The van der Waals surface area contributed by atoms with Crippen LogP contribution in [0.25, 0.3) is 11.3 Å². The summed E-state index contributed by atoms with van der Waals surface area (Å²) in [5, 5.41) is 12.5. The lowest BCUT2D eigenvalue weighted by molar-refractivity contribution is -0.0388. The lowest BCUT2D eigenvalue weighted by Gasteiger charge is -2.18. The highest BCUT2D eigenvalue weighted by atomic mass is 16.6. The van der Waals surface area contributed by atoms with Gasteiger partial charge in [-0.3, -0.25) is 0 Å². The molecule has 0 bridgehead atoms. The minimum atomic E-state index is -0.116. The van der Waals surface area contributed by atoms with Crippen LogP contribution in [0, 0.1) is 11.3 Å². The topological polar surface area (TPSA) is 89.3 Å². The molecule has 1 N–H and O–H groups in total. The summed E-state index contributed by atoms with van der Waals surface area (Å²) < 4.78 is 18.1. The Labute approximate surface area is 180 Å². The van der Waals surface area contributed by atoms with E-state index in [9.17, 15) is 0 Å². The summed E-state index contributed by atoms with van der Waals surface area (Å²) in [7, 11) is 0. The maximum absolute atomic E-state index is 9.13. The van der Waals surface area contributed by atoms with E-state index in [4.69, 9.17) is 19.5 Å². The van der Waals surface area contributed by atoms with Crippen molar-refractivity contribution in [3.63, 3.8) is 0 Å². The quantitative estimate of drug-likeness (QED) is 0.663. The number of nitrogens with one attached hydrogen (secondary N) is 1. The molecule has 2 aliphatic heterocycles. The maximum atomic E-state index is 9.13. The minimum absolute atomic E-state index is 0.0592. The lowest BCUT2D eigenvalue weighted by atomic mass is 10.1. The standard InChI is InChI=1S/C24H22N4O3/c25-12-17-7-4-8-18(11-17)19-9-10-26-24(27-19)28-20-14-30-23-21(15-31-22(20)23)29-13-16-5-2-1-3-6-16/h1-11,20-23H,13-15H2,(H,26,27,28). The van der Waals surface area contributed by atoms with Crippen molar-refractivity contribution >= 4 is 5.95 Å². The molecule has 0 aliphatic carbocycles. The van der Waals surface area contributed by atoms with Crippen LogP contribution in [0.1, 0.15) is 11.1 Å². The van der Waals surface area contributed by atoms with Crippen molar-refractivity contribution < 1.29 is 14.2 Å². The van der Waals surface area contributed by atoms with Gasteiger partial charge in [-0.15, -0.1) is 0 Å². The fourth-order valence-corrected chi connectivity index (χ4v) is 4.01. The van der Waals surface area contributed by atoms with Crippen LogP contribution in [0.2, 0.25) is 0 Å². The van der Waals surface area contributed by atoms with Gasteiger partial charge in [-0.25, -0.2) is 9.97 Å². The number of nitriles is 1.